The number of ether oxygens (including phenoxy) is 1. The number of hydrogen-bond acceptors (Lipinski definition) is 6. The van der Waals surface area contributed by atoms with E-state index in [-0.39, 0.29) is 42.0 Å². The van der Waals surface area contributed by atoms with Gasteiger partial charge in [0, 0.05) is 18.1 Å². The molecule has 1 unspecified atom stereocenters. The van der Waals surface area contributed by atoms with E-state index in [2.05, 4.69) is 10.6 Å². The number of rotatable bonds is 7. The second kappa shape index (κ2) is 7.28. The minimum atomic E-state index is -1.09. The Morgan fingerprint density at radius 3 is 2.72 bits per heavy atom. The van der Waals surface area contributed by atoms with Gasteiger partial charge in [0.1, 0.15) is 24.2 Å². The molecule has 8 nitrogen and oxygen atoms in total. The maximum absolute atomic E-state index is 12.2. The zero-order valence-electron chi connectivity index (χ0n) is 14.5. The Morgan fingerprint density at radius 1 is 1.44 bits per heavy atom. The van der Waals surface area contributed by atoms with Gasteiger partial charge in [-0.15, -0.1) is 0 Å². The highest BCUT2D eigenvalue weighted by atomic mass is 16.5. The van der Waals surface area contributed by atoms with Crippen LogP contribution in [0.4, 0.5) is 11.4 Å². The SMILES string of the molecule is CCCC(=O)Nc1cc(OCC(O)CO)c2c(c1O)C(C)(C)C(=O)N2. The summed E-state index contributed by atoms with van der Waals surface area (Å²) in [5, 5.41) is 34.2. The number of nitrogens with one attached hydrogen (secondary N) is 2. The fourth-order valence-electron chi connectivity index (χ4n) is 2.65. The van der Waals surface area contributed by atoms with Gasteiger partial charge in [-0.2, -0.15) is 0 Å². The van der Waals surface area contributed by atoms with Crippen LogP contribution in [0.1, 0.15) is 39.2 Å². The van der Waals surface area contributed by atoms with Gasteiger partial charge in [-0.3, -0.25) is 9.59 Å². The molecule has 0 bridgehead atoms. The van der Waals surface area contributed by atoms with E-state index < -0.39 is 18.1 Å². The average Bonchev–Trinajstić information content (AvgIpc) is 2.79. The molecule has 1 aliphatic rings. The third kappa shape index (κ3) is 3.69. The van der Waals surface area contributed by atoms with E-state index in [1.54, 1.807) is 13.8 Å². The Bertz CT molecular complexity index is 686. The van der Waals surface area contributed by atoms with Gasteiger partial charge in [0.05, 0.1) is 23.4 Å². The number of phenolic OH excluding ortho intramolecular Hbond substituents is 1. The van der Waals surface area contributed by atoms with Gasteiger partial charge < -0.3 is 30.7 Å². The van der Waals surface area contributed by atoms with Crippen LogP contribution in [-0.2, 0) is 15.0 Å². The fraction of sp³-hybridized carbons (Fsp3) is 0.529. The molecular formula is C17H24N2O6. The lowest BCUT2D eigenvalue weighted by Gasteiger charge is -2.20. The molecule has 0 radical (unpaired) electrons. The molecular weight excluding hydrogens is 328 g/mol. The van der Waals surface area contributed by atoms with E-state index in [0.29, 0.717) is 17.7 Å². The topological polar surface area (TPSA) is 128 Å². The molecule has 0 aromatic heterocycles. The van der Waals surface area contributed by atoms with Crippen LogP contribution in [0, 0.1) is 0 Å². The van der Waals surface area contributed by atoms with Crippen LogP contribution in [0.2, 0.25) is 0 Å². The zero-order chi connectivity index (χ0) is 18.8. The number of carbonyl (C=O) groups is 2. The molecule has 1 atom stereocenters. The second-order valence-corrected chi connectivity index (χ2v) is 6.55. The van der Waals surface area contributed by atoms with Crippen molar-refractivity contribution in [2.75, 3.05) is 23.8 Å². The number of amides is 2. The van der Waals surface area contributed by atoms with Gasteiger partial charge in [0.25, 0.3) is 0 Å². The largest absolute Gasteiger partial charge is 0.505 e. The summed E-state index contributed by atoms with van der Waals surface area (Å²) in [6.07, 6.45) is -0.154. The molecule has 2 amide bonds. The lowest BCUT2D eigenvalue weighted by molar-refractivity contribution is -0.119. The first-order valence-corrected chi connectivity index (χ1v) is 8.15. The van der Waals surface area contributed by atoms with E-state index in [0.717, 1.165) is 0 Å². The second-order valence-electron chi connectivity index (χ2n) is 6.55. The lowest BCUT2D eigenvalue weighted by atomic mass is 9.85. The molecule has 0 fully saturated rings. The third-order valence-electron chi connectivity index (χ3n) is 4.09. The summed E-state index contributed by atoms with van der Waals surface area (Å²) in [5.41, 5.74) is -0.264. The maximum Gasteiger partial charge on any atom is 0.234 e. The van der Waals surface area contributed by atoms with Crippen molar-refractivity contribution in [1.82, 2.24) is 0 Å². The predicted octanol–water partition coefficient (Wildman–Crippen LogP) is 1.09. The molecule has 0 spiro atoms. The van der Waals surface area contributed by atoms with Crippen molar-refractivity contribution >= 4 is 23.2 Å². The summed E-state index contributed by atoms with van der Waals surface area (Å²) in [7, 11) is 0. The highest BCUT2D eigenvalue weighted by molar-refractivity contribution is 6.09. The van der Waals surface area contributed by atoms with E-state index in [1.165, 1.54) is 6.07 Å². The van der Waals surface area contributed by atoms with Crippen LogP contribution in [0.15, 0.2) is 6.07 Å². The van der Waals surface area contributed by atoms with Gasteiger partial charge in [0.2, 0.25) is 11.8 Å². The molecule has 8 heteroatoms. The first-order valence-electron chi connectivity index (χ1n) is 8.15. The molecule has 0 saturated heterocycles. The van der Waals surface area contributed by atoms with Gasteiger partial charge in [-0.25, -0.2) is 0 Å². The van der Waals surface area contributed by atoms with Crippen LogP contribution >= 0.6 is 0 Å². The van der Waals surface area contributed by atoms with Crippen molar-refractivity contribution < 1.29 is 29.6 Å². The molecule has 1 aromatic carbocycles. The van der Waals surface area contributed by atoms with Crippen molar-refractivity contribution in [3.63, 3.8) is 0 Å². The number of fused-ring (bicyclic) bond motifs is 1. The Balaban J connectivity index is 2.47. The van der Waals surface area contributed by atoms with Crippen LogP contribution in [0.5, 0.6) is 11.5 Å². The van der Waals surface area contributed by atoms with Crippen molar-refractivity contribution in [1.29, 1.82) is 0 Å². The molecule has 1 aromatic rings. The quantitative estimate of drug-likeness (QED) is 0.467. The molecule has 1 aliphatic heterocycles. The average molecular weight is 352 g/mol. The summed E-state index contributed by atoms with van der Waals surface area (Å²) in [6, 6.07) is 1.40. The van der Waals surface area contributed by atoms with E-state index in [9.17, 15) is 19.8 Å². The maximum atomic E-state index is 12.2. The Labute approximate surface area is 145 Å². The summed E-state index contributed by atoms with van der Waals surface area (Å²) in [5.74, 6) is -0.583. The molecule has 25 heavy (non-hydrogen) atoms. The minimum Gasteiger partial charge on any atom is -0.505 e. The van der Waals surface area contributed by atoms with Crippen molar-refractivity contribution in [3.8, 4) is 11.5 Å². The van der Waals surface area contributed by atoms with Crippen LogP contribution in [-0.4, -0.2) is 46.5 Å². The molecule has 0 aliphatic carbocycles. The van der Waals surface area contributed by atoms with Gasteiger partial charge in [-0.1, -0.05) is 6.92 Å². The standard InChI is InChI=1S/C17H24N2O6/c1-4-5-12(22)18-10-6-11(25-8-9(21)7-20)14-13(15(10)23)17(2,3)16(24)19-14/h6,9,20-21,23H,4-5,7-8H2,1-3H3,(H,18,22)(H,19,24). The number of hydrogen-bond donors (Lipinski definition) is 5. The fourth-order valence-corrected chi connectivity index (χ4v) is 2.65. The number of aromatic hydroxyl groups is 1. The Hall–Kier alpha value is -2.32. The number of aliphatic hydroxyl groups is 2. The normalized spacial score (nSPS) is 16.1. The van der Waals surface area contributed by atoms with E-state index in [4.69, 9.17) is 9.84 Å². The van der Waals surface area contributed by atoms with Crippen LogP contribution in [0.25, 0.3) is 0 Å². The third-order valence-corrected chi connectivity index (χ3v) is 4.09. The van der Waals surface area contributed by atoms with Gasteiger partial charge >= 0.3 is 0 Å². The first-order chi connectivity index (χ1) is 11.7. The summed E-state index contributed by atoms with van der Waals surface area (Å²) in [4.78, 5) is 24.1. The summed E-state index contributed by atoms with van der Waals surface area (Å²) < 4.78 is 5.49. The summed E-state index contributed by atoms with van der Waals surface area (Å²) >= 11 is 0. The van der Waals surface area contributed by atoms with E-state index >= 15 is 0 Å². The number of carbonyl (C=O) groups excluding carboxylic acids is 2. The Kier molecular flexibility index (Phi) is 5.54. The highest BCUT2D eigenvalue weighted by Gasteiger charge is 2.43. The van der Waals surface area contributed by atoms with Crippen LogP contribution < -0.4 is 15.4 Å². The summed E-state index contributed by atoms with van der Waals surface area (Å²) in [6.45, 7) is 4.49. The first kappa shape index (κ1) is 19.0. The van der Waals surface area contributed by atoms with Gasteiger partial charge in [-0.05, 0) is 20.3 Å². The Morgan fingerprint density at radius 2 is 2.12 bits per heavy atom. The molecule has 138 valence electrons. The highest BCUT2D eigenvalue weighted by Crippen LogP contribution is 2.51. The van der Waals surface area contributed by atoms with Crippen LogP contribution in [0.3, 0.4) is 0 Å². The number of benzene rings is 1. The minimum absolute atomic E-state index is 0.135. The number of phenols is 1. The number of aliphatic hydroxyl groups excluding tert-OH is 2. The molecule has 1 heterocycles. The monoisotopic (exact) mass is 352 g/mol. The van der Waals surface area contributed by atoms with Crippen molar-refractivity contribution in [2.45, 2.75) is 45.1 Å². The zero-order valence-corrected chi connectivity index (χ0v) is 14.5. The lowest BCUT2D eigenvalue weighted by Crippen LogP contribution is -2.27. The van der Waals surface area contributed by atoms with E-state index in [1.807, 2.05) is 6.92 Å². The number of anilines is 2. The van der Waals surface area contributed by atoms with Gasteiger partial charge in [0.15, 0.2) is 0 Å². The van der Waals surface area contributed by atoms with Crippen molar-refractivity contribution in [2.24, 2.45) is 0 Å². The predicted molar refractivity (Wildman–Crippen MR) is 91.9 cm³/mol. The molecule has 0 saturated carbocycles. The molecule has 5 N–H and O–H groups in total. The van der Waals surface area contributed by atoms with Crippen molar-refractivity contribution in [3.05, 3.63) is 11.6 Å². The smallest absolute Gasteiger partial charge is 0.234 e. The molecule has 2 rings (SSSR count).